The van der Waals surface area contributed by atoms with Crippen molar-refractivity contribution in [3.8, 4) is 10.6 Å². The van der Waals surface area contributed by atoms with Crippen LogP contribution in [0.4, 0.5) is 5.13 Å². The number of thiophene rings is 1. The van der Waals surface area contributed by atoms with Gasteiger partial charge >= 0.3 is 0 Å². The third-order valence-electron chi connectivity index (χ3n) is 3.33. The van der Waals surface area contributed by atoms with Gasteiger partial charge in [0.1, 0.15) is 5.69 Å². The van der Waals surface area contributed by atoms with E-state index in [1.807, 2.05) is 24.4 Å². The van der Waals surface area contributed by atoms with Gasteiger partial charge in [-0.25, -0.2) is 4.68 Å². The lowest BCUT2D eigenvalue weighted by Gasteiger charge is -2.06. The van der Waals surface area contributed by atoms with Crippen LogP contribution in [0.25, 0.3) is 10.6 Å². The largest absolute Gasteiger partial charge is 0.301 e. The highest BCUT2D eigenvalue weighted by molar-refractivity contribution is 8.01. The highest BCUT2D eigenvalue weighted by Crippen LogP contribution is 2.25. The molecule has 26 heavy (non-hydrogen) atoms. The minimum Gasteiger partial charge on any atom is -0.301 e. The van der Waals surface area contributed by atoms with Crippen LogP contribution in [0.3, 0.4) is 0 Å². The van der Waals surface area contributed by atoms with E-state index in [4.69, 9.17) is 0 Å². The molecule has 0 aliphatic carbocycles. The predicted molar refractivity (Wildman–Crippen MR) is 106 cm³/mol. The Hall–Kier alpha value is -2.04. The van der Waals surface area contributed by atoms with E-state index in [0.29, 0.717) is 18.1 Å². The minimum absolute atomic E-state index is 0.142. The fourth-order valence-electron chi connectivity index (χ4n) is 2.18. The number of hydrogen-bond acceptors (Lipinski definition) is 8. The highest BCUT2D eigenvalue weighted by Gasteiger charge is 2.09. The maximum Gasteiger partial charge on any atom is 0.266 e. The second kappa shape index (κ2) is 9.06. The molecular formula is C16H17N5O2S3. The van der Waals surface area contributed by atoms with Crippen molar-refractivity contribution in [1.29, 1.82) is 0 Å². The van der Waals surface area contributed by atoms with Crippen LogP contribution in [-0.2, 0) is 11.3 Å². The van der Waals surface area contributed by atoms with Crippen LogP contribution < -0.4 is 10.9 Å². The number of carbonyl (C=O) groups is 1. The molecule has 0 aliphatic heterocycles. The lowest BCUT2D eigenvalue weighted by molar-refractivity contribution is -0.116. The minimum atomic E-state index is -0.170. The Morgan fingerprint density at radius 3 is 2.96 bits per heavy atom. The Balaban J connectivity index is 1.53. The quantitative estimate of drug-likeness (QED) is 0.455. The summed E-state index contributed by atoms with van der Waals surface area (Å²) in [5.74, 6) is 0.770. The summed E-state index contributed by atoms with van der Waals surface area (Å²) in [6.07, 6.45) is 0.801. The summed E-state index contributed by atoms with van der Waals surface area (Å²) in [6, 6.07) is 7.14. The van der Waals surface area contributed by atoms with Gasteiger partial charge in [0, 0.05) is 19.0 Å². The van der Waals surface area contributed by atoms with Crippen LogP contribution in [0.2, 0.25) is 0 Å². The molecule has 10 heteroatoms. The van der Waals surface area contributed by atoms with Gasteiger partial charge in [0.05, 0.1) is 4.88 Å². The van der Waals surface area contributed by atoms with Crippen molar-refractivity contribution in [2.45, 2.75) is 30.6 Å². The van der Waals surface area contributed by atoms with E-state index in [-0.39, 0.29) is 17.9 Å². The first-order valence-electron chi connectivity index (χ1n) is 8.04. The van der Waals surface area contributed by atoms with Crippen LogP contribution in [0.5, 0.6) is 0 Å². The normalized spacial score (nSPS) is 10.8. The molecule has 136 valence electrons. The van der Waals surface area contributed by atoms with Gasteiger partial charge in [0.2, 0.25) is 11.0 Å². The first-order valence-corrected chi connectivity index (χ1v) is 10.7. The standard InChI is InChI=1S/C16H17N5O2S3/c1-2-24-16-19-18-15(26-16)17-13(22)6-3-9-21-14(23)8-7-11(20-21)12-5-4-10-25-12/h4-5,7-8,10H,2-3,6,9H2,1H3,(H,17,18,22). The second-order valence-corrected chi connectivity index (χ2v) is 8.65. The molecule has 3 rings (SSSR count). The molecule has 0 fully saturated rings. The van der Waals surface area contributed by atoms with Gasteiger partial charge in [0.25, 0.3) is 5.56 Å². The summed E-state index contributed by atoms with van der Waals surface area (Å²) in [5, 5.41) is 17.5. The molecule has 0 radical (unpaired) electrons. The molecule has 0 spiro atoms. The molecule has 0 unspecified atom stereocenters. The Labute approximate surface area is 162 Å². The number of aromatic nitrogens is 4. The predicted octanol–water partition coefficient (Wildman–Crippen LogP) is 3.35. The number of carbonyl (C=O) groups excluding carboxylic acids is 1. The Kier molecular flexibility index (Phi) is 6.53. The van der Waals surface area contributed by atoms with Crippen molar-refractivity contribution in [1.82, 2.24) is 20.0 Å². The highest BCUT2D eigenvalue weighted by atomic mass is 32.2. The van der Waals surface area contributed by atoms with Crippen LogP contribution in [0.1, 0.15) is 19.8 Å². The number of aryl methyl sites for hydroxylation is 1. The third kappa shape index (κ3) is 4.99. The topological polar surface area (TPSA) is 89.8 Å². The van der Waals surface area contributed by atoms with Crippen LogP contribution >= 0.6 is 34.4 Å². The Morgan fingerprint density at radius 1 is 1.31 bits per heavy atom. The third-order valence-corrected chi connectivity index (χ3v) is 6.08. The Bertz CT molecular complexity index is 920. The molecule has 0 saturated heterocycles. The number of hydrogen-bond donors (Lipinski definition) is 1. The molecule has 3 aromatic rings. The van der Waals surface area contributed by atoms with Crippen LogP contribution in [0, 0.1) is 0 Å². The first kappa shape index (κ1) is 18.7. The van der Waals surface area contributed by atoms with E-state index in [2.05, 4.69) is 20.6 Å². The zero-order valence-electron chi connectivity index (χ0n) is 14.0. The van der Waals surface area contributed by atoms with Crippen LogP contribution in [0.15, 0.2) is 38.8 Å². The number of rotatable bonds is 8. The molecule has 1 amide bonds. The molecule has 7 nitrogen and oxygen atoms in total. The average molecular weight is 408 g/mol. The molecule has 3 aromatic heterocycles. The van der Waals surface area contributed by atoms with Crippen molar-refractivity contribution in [3.63, 3.8) is 0 Å². The molecule has 0 saturated carbocycles. The molecule has 0 aromatic carbocycles. The Morgan fingerprint density at radius 2 is 2.19 bits per heavy atom. The lowest BCUT2D eigenvalue weighted by Crippen LogP contribution is -2.23. The SMILES string of the molecule is CCSc1nnc(NC(=O)CCCn2nc(-c3cccs3)ccc2=O)s1. The van der Waals surface area contributed by atoms with Crippen molar-refractivity contribution in [2.24, 2.45) is 0 Å². The second-order valence-electron chi connectivity index (χ2n) is 5.22. The van der Waals surface area contributed by atoms with Crippen LogP contribution in [-0.4, -0.2) is 31.6 Å². The summed E-state index contributed by atoms with van der Waals surface area (Å²) in [5.41, 5.74) is 0.593. The maximum atomic E-state index is 12.0. The molecule has 3 heterocycles. The van der Waals surface area contributed by atoms with Gasteiger partial charge in [-0.05, 0) is 29.7 Å². The summed E-state index contributed by atoms with van der Waals surface area (Å²) >= 11 is 4.52. The number of nitrogens with zero attached hydrogens (tertiary/aromatic N) is 4. The van der Waals surface area contributed by atoms with Gasteiger partial charge < -0.3 is 5.32 Å². The zero-order chi connectivity index (χ0) is 18.4. The summed E-state index contributed by atoms with van der Waals surface area (Å²) in [7, 11) is 0. The van der Waals surface area contributed by atoms with E-state index in [1.54, 1.807) is 29.2 Å². The summed E-state index contributed by atoms with van der Waals surface area (Å²) < 4.78 is 2.24. The molecule has 0 atom stereocenters. The number of amides is 1. The molecule has 0 bridgehead atoms. The van der Waals surface area contributed by atoms with Gasteiger partial charge in [-0.3, -0.25) is 9.59 Å². The van der Waals surface area contributed by atoms with Crippen molar-refractivity contribution in [3.05, 3.63) is 40.0 Å². The van der Waals surface area contributed by atoms with E-state index < -0.39 is 0 Å². The molecule has 1 N–H and O–H groups in total. The fourth-order valence-corrected chi connectivity index (χ4v) is 4.53. The van der Waals surface area contributed by atoms with Gasteiger partial charge in [0.15, 0.2) is 4.34 Å². The van der Waals surface area contributed by atoms with Gasteiger partial charge in [-0.2, -0.15) is 5.10 Å². The van der Waals surface area contributed by atoms with Gasteiger partial charge in [-0.15, -0.1) is 21.5 Å². The van der Waals surface area contributed by atoms with E-state index in [9.17, 15) is 9.59 Å². The van der Waals surface area contributed by atoms with Gasteiger partial charge in [-0.1, -0.05) is 36.1 Å². The van der Waals surface area contributed by atoms with E-state index >= 15 is 0 Å². The average Bonchev–Trinajstić information content (AvgIpc) is 3.29. The maximum absolute atomic E-state index is 12.0. The van der Waals surface area contributed by atoms with Crippen molar-refractivity contribution < 1.29 is 4.79 Å². The lowest BCUT2D eigenvalue weighted by atomic mass is 10.3. The van der Waals surface area contributed by atoms with E-state index in [1.165, 1.54) is 22.1 Å². The fraction of sp³-hybridized carbons (Fsp3) is 0.312. The van der Waals surface area contributed by atoms with Crippen molar-refractivity contribution >= 4 is 45.5 Å². The molecule has 0 aliphatic rings. The zero-order valence-corrected chi connectivity index (χ0v) is 16.5. The monoisotopic (exact) mass is 407 g/mol. The number of nitrogens with one attached hydrogen (secondary N) is 1. The van der Waals surface area contributed by atoms with Crippen molar-refractivity contribution in [2.75, 3.05) is 11.1 Å². The summed E-state index contributed by atoms with van der Waals surface area (Å²) in [6.45, 7) is 2.42. The smallest absolute Gasteiger partial charge is 0.266 e. The summed E-state index contributed by atoms with van der Waals surface area (Å²) in [4.78, 5) is 25.0. The first-order chi connectivity index (χ1) is 12.7. The van der Waals surface area contributed by atoms with E-state index in [0.717, 1.165) is 20.7 Å². The number of thioether (sulfide) groups is 1. The number of anilines is 1. The molecular weight excluding hydrogens is 390 g/mol.